The van der Waals surface area contributed by atoms with Gasteiger partial charge in [0.2, 0.25) is 5.91 Å². The Kier molecular flexibility index (Phi) is 5.74. The van der Waals surface area contributed by atoms with Gasteiger partial charge >= 0.3 is 0 Å². The average molecular weight is 405 g/mol. The molecular formula is C24H28N4O2. The van der Waals surface area contributed by atoms with E-state index in [1.807, 2.05) is 54.7 Å². The number of nitrogens with zero attached hydrogens (tertiary/aromatic N) is 2. The van der Waals surface area contributed by atoms with Crippen molar-refractivity contribution >= 4 is 27.8 Å². The summed E-state index contributed by atoms with van der Waals surface area (Å²) in [6.07, 6.45) is 3.25. The number of rotatable bonds is 8. The number of aromatic nitrogens is 3. The highest BCUT2D eigenvalue weighted by molar-refractivity contribution is 5.82. The van der Waals surface area contributed by atoms with Crippen LogP contribution in [0.1, 0.15) is 38.6 Å². The number of aromatic amines is 1. The van der Waals surface area contributed by atoms with Crippen molar-refractivity contribution in [2.24, 2.45) is 5.92 Å². The minimum Gasteiger partial charge on any atom is -0.497 e. The summed E-state index contributed by atoms with van der Waals surface area (Å²) >= 11 is 0. The summed E-state index contributed by atoms with van der Waals surface area (Å²) in [5.41, 5.74) is 3.01. The maximum atomic E-state index is 12.8. The van der Waals surface area contributed by atoms with E-state index < -0.39 is 0 Å². The molecule has 0 saturated heterocycles. The van der Waals surface area contributed by atoms with E-state index in [-0.39, 0.29) is 11.9 Å². The third-order valence-corrected chi connectivity index (χ3v) is 5.34. The van der Waals surface area contributed by atoms with Gasteiger partial charge in [-0.1, -0.05) is 26.0 Å². The van der Waals surface area contributed by atoms with E-state index in [0.717, 1.165) is 39.9 Å². The number of carbonyl (C=O) groups is 1. The van der Waals surface area contributed by atoms with E-state index in [0.29, 0.717) is 18.9 Å². The zero-order valence-electron chi connectivity index (χ0n) is 17.7. The Labute approximate surface area is 176 Å². The number of hydrogen-bond donors (Lipinski definition) is 2. The van der Waals surface area contributed by atoms with Crippen LogP contribution in [0.15, 0.2) is 54.7 Å². The molecule has 30 heavy (non-hydrogen) atoms. The number of methoxy groups -OCH3 is 1. The smallest absolute Gasteiger partial charge is 0.222 e. The van der Waals surface area contributed by atoms with E-state index in [1.54, 1.807) is 7.11 Å². The Morgan fingerprint density at radius 2 is 2.03 bits per heavy atom. The van der Waals surface area contributed by atoms with Gasteiger partial charge in [-0.25, -0.2) is 4.98 Å². The Balaban J connectivity index is 1.45. The molecule has 2 heterocycles. The molecular weight excluding hydrogens is 376 g/mol. The molecule has 2 N–H and O–H groups in total. The molecule has 0 aliphatic rings. The summed E-state index contributed by atoms with van der Waals surface area (Å²) in [5.74, 6) is 2.11. The van der Waals surface area contributed by atoms with Crippen LogP contribution in [0.25, 0.3) is 21.9 Å². The summed E-state index contributed by atoms with van der Waals surface area (Å²) in [6.45, 7) is 4.93. The van der Waals surface area contributed by atoms with Crippen LogP contribution in [0.5, 0.6) is 5.75 Å². The van der Waals surface area contributed by atoms with Crippen LogP contribution in [-0.2, 0) is 11.3 Å². The summed E-state index contributed by atoms with van der Waals surface area (Å²) in [6, 6.07) is 15.8. The number of hydrogen-bond acceptors (Lipinski definition) is 3. The van der Waals surface area contributed by atoms with E-state index in [4.69, 9.17) is 9.72 Å². The van der Waals surface area contributed by atoms with Gasteiger partial charge in [-0.2, -0.15) is 0 Å². The first kappa shape index (κ1) is 20.0. The largest absolute Gasteiger partial charge is 0.497 e. The molecule has 156 valence electrons. The standard InChI is InChI=1S/C24H28N4O2/c1-16(2)14-21(24-26-19-6-4-5-7-20(19)27-24)25-23(29)11-13-28-12-10-17-15-18(30-3)8-9-22(17)28/h4-10,12,15-16,21H,11,13-14H2,1-3H3,(H,25,29)(H,26,27)/t21-/m1/s1. The van der Waals surface area contributed by atoms with Gasteiger partial charge in [0.1, 0.15) is 11.6 Å². The van der Waals surface area contributed by atoms with Crippen LogP contribution in [0.4, 0.5) is 0 Å². The molecule has 0 radical (unpaired) electrons. The van der Waals surface area contributed by atoms with Crippen LogP contribution in [-0.4, -0.2) is 27.6 Å². The zero-order chi connectivity index (χ0) is 21.1. The van der Waals surface area contributed by atoms with Gasteiger partial charge in [0, 0.05) is 30.1 Å². The topological polar surface area (TPSA) is 71.9 Å². The van der Waals surface area contributed by atoms with Crippen molar-refractivity contribution in [3.05, 3.63) is 60.6 Å². The predicted molar refractivity (Wildman–Crippen MR) is 120 cm³/mol. The lowest BCUT2D eigenvalue weighted by molar-refractivity contribution is -0.122. The van der Waals surface area contributed by atoms with Crippen LogP contribution < -0.4 is 10.1 Å². The SMILES string of the molecule is COc1ccc2c(ccn2CCC(=O)N[C@H](CC(C)C)c2nc3ccccc3[nH]2)c1. The number of amides is 1. The maximum absolute atomic E-state index is 12.8. The molecule has 6 nitrogen and oxygen atoms in total. The number of benzene rings is 2. The summed E-state index contributed by atoms with van der Waals surface area (Å²) < 4.78 is 7.39. The molecule has 4 aromatic rings. The maximum Gasteiger partial charge on any atom is 0.222 e. The Morgan fingerprint density at radius 3 is 2.80 bits per heavy atom. The molecule has 0 unspecified atom stereocenters. The molecule has 0 fully saturated rings. The number of ether oxygens (including phenoxy) is 1. The van der Waals surface area contributed by atoms with Gasteiger partial charge in [-0.05, 0) is 48.7 Å². The van der Waals surface area contributed by atoms with Crippen molar-refractivity contribution in [1.82, 2.24) is 19.9 Å². The first-order valence-corrected chi connectivity index (χ1v) is 10.4. The Hall–Kier alpha value is -3.28. The van der Waals surface area contributed by atoms with Gasteiger partial charge in [-0.3, -0.25) is 4.79 Å². The molecule has 1 amide bonds. The van der Waals surface area contributed by atoms with Crippen molar-refractivity contribution in [2.75, 3.05) is 7.11 Å². The number of para-hydroxylation sites is 2. The molecule has 6 heteroatoms. The van der Waals surface area contributed by atoms with E-state index in [9.17, 15) is 4.79 Å². The highest BCUT2D eigenvalue weighted by atomic mass is 16.5. The highest BCUT2D eigenvalue weighted by Gasteiger charge is 2.20. The van der Waals surface area contributed by atoms with Gasteiger partial charge in [0.25, 0.3) is 0 Å². The number of aryl methyl sites for hydroxylation is 1. The summed E-state index contributed by atoms with van der Waals surface area (Å²) in [5, 5.41) is 4.29. The minimum absolute atomic E-state index is 0.0245. The second kappa shape index (κ2) is 8.61. The molecule has 0 saturated carbocycles. The molecule has 2 aromatic heterocycles. The second-order valence-corrected chi connectivity index (χ2v) is 8.07. The minimum atomic E-state index is -0.129. The number of H-pyrrole nitrogens is 1. The summed E-state index contributed by atoms with van der Waals surface area (Å²) in [7, 11) is 1.66. The van der Waals surface area contributed by atoms with E-state index in [2.05, 4.69) is 28.7 Å². The van der Waals surface area contributed by atoms with E-state index in [1.165, 1.54) is 0 Å². The number of fused-ring (bicyclic) bond motifs is 2. The lowest BCUT2D eigenvalue weighted by Gasteiger charge is -2.19. The van der Waals surface area contributed by atoms with Crippen LogP contribution in [0.3, 0.4) is 0 Å². The Bertz CT molecular complexity index is 1130. The highest BCUT2D eigenvalue weighted by Crippen LogP contribution is 2.23. The molecule has 0 bridgehead atoms. The van der Waals surface area contributed by atoms with Gasteiger partial charge in [0.15, 0.2) is 0 Å². The fourth-order valence-corrected chi connectivity index (χ4v) is 3.84. The molecule has 0 aliphatic heterocycles. The van der Waals surface area contributed by atoms with Crippen LogP contribution in [0, 0.1) is 5.92 Å². The van der Waals surface area contributed by atoms with Gasteiger partial charge in [0.05, 0.1) is 24.2 Å². The quantitative estimate of drug-likeness (QED) is 0.442. The van der Waals surface area contributed by atoms with Crippen molar-refractivity contribution < 1.29 is 9.53 Å². The third-order valence-electron chi connectivity index (χ3n) is 5.34. The van der Waals surface area contributed by atoms with Crippen molar-refractivity contribution in [1.29, 1.82) is 0 Å². The fraction of sp³-hybridized carbons (Fsp3) is 0.333. The number of carbonyl (C=O) groups excluding carboxylic acids is 1. The van der Waals surface area contributed by atoms with Gasteiger partial charge < -0.3 is 19.6 Å². The average Bonchev–Trinajstić information content (AvgIpc) is 3.35. The Morgan fingerprint density at radius 1 is 1.20 bits per heavy atom. The van der Waals surface area contributed by atoms with Crippen molar-refractivity contribution in [3.63, 3.8) is 0 Å². The first-order chi connectivity index (χ1) is 14.5. The van der Waals surface area contributed by atoms with Gasteiger partial charge in [-0.15, -0.1) is 0 Å². The molecule has 1 atom stereocenters. The second-order valence-electron chi connectivity index (χ2n) is 8.07. The monoisotopic (exact) mass is 404 g/mol. The molecule has 2 aromatic carbocycles. The number of imidazole rings is 1. The third kappa shape index (κ3) is 4.32. The zero-order valence-corrected chi connectivity index (χ0v) is 17.7. The first-order valence-electron chi connectivity index (χ1n) is 10.4. The van der Waals surface area contributed by atoms with E-state index >= 15 is 0 Å². The predicted octanol–water partition coefficient (Wildman–Crippen LogP) is 4.82. The van der Waals surface area contributed by atoms with Crippen LogP contribution >= 0.6 is 0 Å². The van der Waals surface area contributed by atoms with Crippen LogP contribution in [0.2, 0.25) is 0 Å². The molecule has 0 aliphatic carbocycles. The van der Waals surface area contributed by atoms with Crippen molar-refractivity contribution in [3.8, 4) is 5.75 Å². The molecule has 4 rings (SSSR count). The number of nitrogens with one attached hydrogen (secondary N) is 2. The fourth-order valence-electron chi connectivity index (χ4n) is 3.84. The molecule has 0 spiro atoms. The normalized spacial score (nSPS) is 12.5. The lowest BCUT2D eigenvalue weighted by Crippen LogP contribution is -2.30. The summed E-state index contributed by atoms with van der Waals surface area (Å²) in [4.78, 5) is 20.8. The van der Waals surface area contributed by atoms with Crippen molar-refractivity contribution in [2.45, 2.75) is 39.3 Å². The lowest BCUT2D eigenvalue weighted by atomic mass is 10.0.